The lowest BCUT2D eigenvalue weighted by Gasteiger charge is -2.30. The first-order chi connectivity index (χ1) is 7.94. The fourth-order valence-electron chi connectivity index (χ4n) is 1.59. The minimum absolute atomic E-state index is 0.228. The van der Waals surface area contributed by atoms with Gasteiger partial charge in [0.25, 0.3) is 0 Å². The first-order valence-electron chi connectivity index (χ1n) is 6.15. The second-order valence-electron chi connectivity index (χ2n) is 5.06. The normalized spacial score (nSPS) is 12.1. The van der Waals surface area contributed by atoms with E-state index in [9.17, 15) is 4.79 Å². The Labute approximate surface area is 105 Å². The number of ether oxygens (including phenoxy) is 2. The van der Waals surface area contributed by atoms with Crippen molar-refractivity contribution in [3.63, 3.8) is 0 Å². The molecule has 4 nitrogen and oxygen atoms in total. The SMILES string of the molecule is COCCCN(CCOC)CC(C)(C)C(C)=O. The van der Waals surface area contributed by atoms with Gasteiger partial charge < -0.3 is 9.47 Å². The smallest absolute Gasteiger partial charge is 0.136 e. The topological polar surface area (TPSA) is 38.8 Å². The molecule has 0 aromatic rings. The Morgan fingerprint density at radius 2 is 1.71 bits per heavy atom. The number of Topliss-reactive ketones (excluding diaryl/α,β-unsaturated/α-hetero) is 1. The van der Waals surface area contributed by atoms with Crippen molar-refractivity contribution in [2.24, 2.45) is 5.41 Å². The second-order valence-corrected chi connectivity index (χ2v) is 5.06. The van der Waals surface area contributed by atoms with Gasteiger partial charge >= 0.3 is 0 Å². The van der Waals surface area contributed by atoms with Gasteiger partial charge in [0.05, 0.1) is 6.61 Å². The Kier molecular flexibility index (Phi) is 8.39. The number of methoxy groups -OCH3 is 2. The zero-order chi connectivity index (χ0) is 13.3. The van der Waals surface area contributed by atoms with Gasteiger partial charge in [-0.25, -0.2) is 0 Å². The van der Waals surface area contributed by atoms with E-state index in [2.05, 4.69) is 4.90 Å². The summed E-state index contributed by atoms with van der Waals surface area (Å²) in [5.41, 5.74) is -0.291. The molecule has 0 aliphatic carbocycles. The van der Waals surface area contributed by atoms with E-state index in [0.717, 1.165) is 32.7 Å². The molecule has 0 fully saturated rings. The zero-order valence-electron chi connectivity index (χ0n) is 11.9. The maximum atomic E-state index is 11.5. The molecule has 4 heteroatoms. The Morgan fingerprint density at radius 3 is 2.18 bits per heavy atom. The third kappa shape index (κ3) is 7.47. The molecule has 0 aliphatic heterocycles. The number of hydrogen-bond donors (Lipinski definition) is 0. The molecule has 0 saturated carbocycles. The molecule has 17 heavy (non-hydrogen) atoms. The summed E-state index contributed by atoms with van der Waals surface area (Å²) < 4.78 is 10.1. The molecule has 0 unspecified atom stereocenters. The summed E-state index contributed by atoms with van der Waals surface area (Å²) in [6.45, 7) is 9.66. The van der Waals surface area contributed by atoms with E-state index < -0.39 is 0 Å². The summed E-state index contributed by atoms with van der Waals surface area (Å²) in [6.07, 6.45) is 0.980. The van der Waals surface area contributed by atoms with E-state index in [-0.39, 0.29) is 11.2 Å². The molecule has 0 amide bonds. The van der Waals surface area contributed by atoms with Crippen molar-refractivity contribution in [1.82, 2.24) is 4.90 Å². The molecule has 0 aliphatic rings. The molecule has 0 heterocycles. The van der Waals surface area contributed by atoms with E-state index in [4.69, 9.17) is 9.47 Å². The minimum Gasteiger partial charge on any atom is -0.385 e. The lowest BCUT2D eigenvalue weighted by Crippen LogP contribution is -2.40. The quantitative estimate of drug-likeness (QED) is 0.548. The Bertz CT molecular complexity index is 217. The van der Waals surface area contributed by atoms with Gasteiger partial charge in [-0.05, 0) is 13.3 Å². The van der Waals surface area contributed by atoms with Gasteiger partial charge in [-0.15, -0.1) is 0 Å². The second kappa shape index (κ2) is 8.61. The molecule has 0 atom stereocenters. The van der Waals surface area contributed by atoms with Gasteiger partial charge in [0.1, 0.15) is 5.78 Å². The standard InChI is InChI=1S/C13H27NO3/c1-12(15)13(2,3)11-14(8-10-17-5)7-6-9-16-4/h6-11H2,1-5H3. The first-order valence-corrected chi connectivity index (χ1v) is 6.15. The number of carbonyl (C=O) groups excluding carboxylic acids is 1. The number of rotatable bonds is 10. The average molecular weight is 245 g/mol. The summed E-state index contributed by atoms with van der Waals surface area (Å²) in [6, 6.07) is 0. The van der Waals surface area contributed by atoms with Gasteiger partial charge in [-0.3, -0.25) is 9.69 Å². The Balaban J connectivity index is 4.21. The van der Waals surface area contributed by atoms with Crippen LogP contribution >= 0.6 is 0 Å². The van der Waals surface area contributed by atoms with Crippen LogP contribution in [-0.2, 0) is 14.3 Å². The first kappa shape index (κ1) is 16.6. The van der Waals surface area contributed by atoms with E-state index in [1.807, 2.05) is 13.8 Å². The highest BCUT2D eigenvalue weighted by atomic mass is 16.5. The Hall–Kier alpha value is -0.450. The lowest BCUT2D eigenvalue weighted by atomic mass is 9.88. The highest BCUT2D eigenvalue weighted by Gasteiger charge is 2.26. The van der Waals surface area contributed by atoms with Gasteiger partial charge in [0.15, 0.2) is 0 Å². The molecule has 0 radical (unpaired) electrons. The molecule has 0 saturated heterocycles. The number of carbonyl (C=O) groups is 1. The summed E-state index contributed by atoms with van der Waals surface area (Å²) in [4.78, 5) is 13.8. The van der Waals surface area contributed by atoms with Crippen molar-refractivity contribution in [2.45, 2.75) is 27.2 Å². The predicted molar refractivity (Wildman–Crippen MR) is 69.3 cm³/mol. The van der Waals surface area contributed by atoms with Crippen LogP contribution < -0.4 is 0 Å². The summed E-state index contributed by atoms with van der Waals surface area (Å²) in [5.74, 6) is 0.228. The monoisotopic (exact) mass is 245 g/mol. The van der Waals surface area contributed by atoms with Crippen LogP contribution in [0.3, 0.4) is 0 Å². The Morgan fingerprint density at radius 1 is 1.12 bits per heavy atom. The van der Waals surface area contributed by atoms with Gasteiger partial charge in [0.2, 0.25) is 0 Å². The number of hydrogen-bond acceptors (Lipinski definition) is 4. The van der Waals surface area contributed by atoms with Crippen LogP contribution in [0.2, 0.25) is 0 Å². The third-order valence-electron chi connectivity index (χ3n) is 3.01. The van der Waals surface area contributed by atoms with Crippen LogP contribution in [0.4, 0.5) is 0 Å². The summed E-state index contributed by atoms with van der Waals surface area (Å²) >= 11 is 0. The van der Waals surface area contributed by atoms with Crippen LogP contribution in [0.1, 0.15) is 27.2 Å². The maximum absolute atomic E-state index is 11.5. The van der Waals surface area contributed by atoms with E-state index >= 15 is 0 Å². The molecule has 0 spiro atoms. The maximum Gasteiger partial charge on any atom is 0.136 e. The molecule has 102 valence electrons. The third-order valence-corrected chi connectivity index (χ3v) is 3.01. The summed E-state index contributed by atoms with van der Waals surface area (Å²) in [7, 11) is 3.41. The van der Waals surface area contributed by atoms with E-state index in [1.165, 1.54) is 0 Å². The van der Waals surface area contributed by atoms with Crippen molar-refractivity contribution in [3.05, 3.63) is 0 Å². The zero-order valence-corrected chi connectivity index (χ0v) is 11.9. The highest BCUT2D eigenvalue weighted by Crippen LogP contribution is 2.18. The van der Waals surface area contributed by atoms with Crippen molar-refractivity contribution in [1.29, 1.82) is 0 Å². The van der Waals surface area contributed by atoms with E-state index in [1.54, 1.807) is 21.1 Å². The molecule has 0 aromatic heterocycles. The number of nitrogens with zero attached hydrogens (tertiary/aromatic N) is 1. The van der Waals surface area contributed by atoms with Crippen LogP contribution in [0.15, 0.2) is 0 Å². The molecule has 0 rings (SSSR count). The molecule has 0 bridgehead atoms. The van der Waals surface area contributed by atoms with Gasteiger partial charge in [-0.1, -0.05) is 13.8 Å². The van der Waals surface area contributed by atoms with Crippen molar-refractivity contribution in [2.75, 3.05) is 47.1 Å². The van der Waals surface area contributed by atoms with Gasteiger partial charge in [-0.2, -0.15) is 0 Å². The highest BCUT2D eigenvalue weighted by molar-refractivity contribution is 5.81. The number of ketones is 1. The van der Waals surface area contributed by atoms with Crippen LogP contribution in [-0.4, -0.2) is 57.8 Å². The van der Waals surface area contributed by atoms with Crippen molar-refractivity contribution >= 4 is 5.78 Å². The molecule has 0 N–H and O–H groups in total. The van der Waals surface area contributed by atoms with Crippen molar-refractivity contribution in [3.8, 4) is 0 Å². The van der Waals surface area contributed by atoms with Crippen LogP contribution in [0.25, 0.3) is 0 Å². The van der Waals surface area contributed by atoms with E-state index in [0.29, 0.717) is 6.61 Å². The predicted octanol–water partition coefficient (Wildman–Crippen LogP) is 1.59. The van der Waals surface area contributed by atoms with Gasteiger partial charge in [0, 0.05) is 45.9 Å². The molecular weight excluding hydrogens is 218 g/mol. The van der Waals surface area contributed by atoms with Crippen molar-refractivity contribution < 1.29 is 14.3 Å². The molecule has 0 aromatic carbocycles. The minimum atomic E-state index is -0.291. The average Bonchev–Trinajstić information content (AvgIpc) is 2.25. The fourth-order valence-corrected chi connectivity index (χ4v) is 1.59. The lowest BCUT2D eigenvalue weighted by molar-refractivity contribution is -0.125. The molecular formula is C13H27NO3. The van der Waals surface area contributed by atoms with Crippen LogP contribution in [0.5, 0.6) is 0 Å². The van der Waals surface area contributed by atoms with Crippen LogP contribution in [0, 0.1) is 5.41 Å². The summed E-state index contributed by atoms with van der Waals surface area (Å²) in [5, 5.41) is 0. The largest absolute Gasteiger partial charge is 0.385 e. The fraction of sp³-hybridized carbons (Fsp3) is 0.923.